The number of para-hydroxylation sites is 3. The van der Waals surface area contributed by atoms with Crippen molar-refractivity contribution in [2.24, 2.45) is 0 Å². The van der Waals surface area contributed by atoms with E-state index in [2.05, 4.69) is 131 Å². The Bertz CT molecular complexity index is 2380. The van der Waals surface area contributed by atoms with Crippen LogP contribution in [0.25, 0.3) is 27.6 Å². The summed E-state index contributed by atoms with van der Waals surface area (Å²) in [6, 6.07) is 47.4. The zero-order chi connectivity index (χ0) is 32.4. The quantitative estimate of drug-likeness (QED) is 0.162. The normalized spacial score (nSPS) is 14.3. The summed E-state index contributed by atoms with van der Waals surface area (Å²) in [5, 5.41) is 2.26. The van der Waals surface area contributed by atoms with Gasteiger partial charge in [0.15, 0.2) is 5.75 Å². The van der Waals surface area contributed by atoms with Crippen LogP contribution in [-0.2, 0) is 26.5 Å². The number of aromatic nitrogens is 2. The second kappa shape index (κ2) is 12.0. The molecule has 0 spiro atoms. The first-order valence-electron chi connectivity index (χ1n) is 16.1. The molecule has 9 rings (SSSR count). The van der Waals surface area contributed by atoms with Crippen molar-refractivity contribution in [2.75, 3.05) is 16.8 Å². The Morgan fingerprint density at radius 1 is 0.735 bits per heavy atom. The van der Waals surface area contributed by atoms with Crippen LogP contribution in [0.15, 0.2) is 134 Å². The van der Waals surface area contributed by atoms with Crippen LogP contribution in [0, 0.1) is 18.8 Å². The fraction of sp³-hybridized carbons (Fsp3) is 0.0952. The molecule has 6 nitrogen and oxygen atoms in total. The third-order valence-corrected chi connectivity index (χ3v) is 9.42. The number of benzene rings is 5. The zero-order valence-corrected chi connectivity index (χ0v) is 29.5. The molecule has 0 atom stereocenters. The molecule has 0 saturated heterocycles. The fourth-order valence-electron chi connectivity index (χ4n) is 7.07. The molecule has 0 aliphatic carbocycles. The Balaban J connectivity index is 0.00000348. The van der Waals surface area contributed by atoms with E-state index in [0.717, 1.165) is 67.4 Å². The van der Waals surface area contributed by atoms with Crippen LogP contribution in [0.4, 0.5) is 22.7 Å². The van der Waals surface area contributed by atoms with E-state index in [4.69, 9.17) is 9.72 Å². The van der Waals surface area contributed by atoms with E-state index in [-0.39, 0.29) is 26.5 Å². The molecule has 2 aromatic heterocycles. The van der Waals surface area contributed by atoms with Gasteiger partial charge in [-0.25, -0.2) is 4.98 Å². The summed E-state index contributed by atoms with van der Waals surface area (Å²) in [6.07, 6.45) is 5.90. The van der Waals surface area contributed by atoms with Crippen LogP contribution in [0.5, 0.6) is 11.5 Å². The van der Waals surface area contributed by atoms with Crippen molar-refractivity contribution in [1.29, 1.82) is 0 Å². The molecular weight excluding hydrogens is 786 g/mol. The summed E-state index contributed by atoms with van der Waals surface area (Å²) in [5.41, 5.74) is 7.63. The SMILES string of the molecule is CN1C=CN(c2[c-]c(N(c3[c-]c4c(cc3)c3ccccc3n4-c3ccccn3)c3cccc4c3Oc3ccccc3C4(C)C)ccc2)[CH-]1.[Pt]. The van der Waals surface area contributed by atoms with E-state index >= 15 is 0 Å². The largest absolute Gasteiger partial charge is 0.510 e. The monoisotopic (exact) mass is 817 g/mol. The second-order valence-corrected chi connectivity index (χ2v) is 12.8. The molecule has 49 heavy (non-hydrogen) atoms. The minimum atomic E-state index is -0.267. The van der Waals surface area contributed by atoms with Crippen molar-refractivity contribution < 1.29 is 25.8 Å². The molecule has 0 amide bonds. The first kappa shape index (κ1) is 31.0. The third kappa shape index (κ3) is 5.01. The van der Waals surface area contributed by atoms with Gasteiger partial charge < -0.3 is 24.0 Å². The molecule has 7 heteroatoms. The van der Waals surface area contributed by atoms with Gasteiger partial charge >= 0.3 is 0 Å². The molecule has 0 bridgehead atoms. The Morgan fingerprint density at radius 2 is 1.51 bits per heavy atom. The molecule has 0 fully saturated rings. The number of pyridine rings is 1. The Morgan fingerprint density at radius 3 is 2.35 bits per heavy atom. The van der Waals surface area contributed by atoms with Gasteiger partial charge in [0.25, 0.3) is 0 Å². The molecule has 4 heterocycles. The van der Waals surface area contributed by atoms with Gasteiger partial charge in [0.2, 0.25) is 0 Å². The molecule has 0 N–H and O–H groups in total. The van der Waals surface area contributed by atoms with Crippen molar-refractivity contribution >= 4 is 44.6 Å². The fourth-order valence-corrected chi connectivity index (χ4v) is 7.07. The van der Waals surface area contributed by atoms with Gasteiger partial charge in [0, 0.05) is 49.3 Å². The minimum Gasteiger partial charge on any atom is -0.510 e. The standard InChI is InChI=1S/C42H32N5O.Pt/c1-42(2)34-15-5-7-19-39(34)48-41-35(42)16-11-18-37(41)46(30-13-10-12-29(26-30)45-25-24-44(3)28-45)31-21-22-33-32-14-4-6-17-36(32)47(38(33)27-31)40-20-8-9-23-43-40;/h4-25,28H,1-3H3;/q-3;. The predicted octanol–water partition coefficient (Wildman–Crippen LogP) is 10.0. The van der Waals surface area contributed by atoms with Crippen LogP contribution < -0.4 is 14.5 Å². The topological polar surface area (TPSA) is 36.8 Å². The number of ether oxygens (including phenoxy) is 1. The summed E-state index contributed by atoms with van der Waals surface area (Å²) >= 11 is 0. The summed E-state index contributed by atoms with van der Waals surface area (Å²) in [4.78, 5) is 11.1. The van der Waals surface area contributed by atoms with E-state index in [1.54, 1.807) is 0 Å². The Hall–Kier alpha value is -5.32. The maximum atomic E-state index is 6.82. The van der Waals surface area contributed by atoms with E-state index in [1.807, 2.05) is 61.5 Å². The number of fused-ring (bicyclic) bond motifs is 5. The average Bonchev–Trinajstić information content (AvgIpc) is 3.70. The average molecular weight is 818 g/mol. The first-order valence-corrected chi connectivity index (χ1v) is 16.1. The maximum absolute atomic E-state index is 6.82. The van der Waals surface area contributed by atoms with Crippen molar-refractivity contribution in [3.05, 3.63) is 164 Å². The number of hydrogen-bond donors (Lipinski definition) is 0. The molecule has 7 aromatic rings. The third-order valence-electron chi connectivity index (χ3n) is 9.42. The van der Waals surface area contributed by atoms with Gasteiger partial charge in [-0.05, 0) is 55.2 Å². The number of nitrogens with zero attached hydrogens (tertiary/aromatic N) is 5. The van der Waals surface area contributed by atoms with Crippen molar-refractivity contribution in [3.63, 3.8) is 0 Å². The van der Waals surface area contributed by atoms with Crippen molar-refractivity contribution in [2.45, 2.75) is 19.3 Å². The number of hydrogen-bond acceptors (Lipinski definition) is 5. The summed E-state index contributed by atoms with van der Waals surface area (Å²) in [5.74, 6) is 2.54. The molecular formula is C42H32N5OPt-3. The van der Waals surface area contributed by atoms with Crippen LogP contribution in [0.2, 0.25) is 0 Å². The molecule has 0 saturated carbocycles. The summed E-state index contributed by atoms with van der Waals surface area (Å²) < 4.78 is 9.02. The van der Waals surface area contributed by atoms with Gasteiger partial charge in [0.05, 0.1) is 5.69 Å². The van der Waals surface area contributed by atoms with Crippen LogP contribution in [0.1, 0.15) is 25.0 Å². The zero-order valence-electron chi connectivity index (χ0n) is 27.2. The minimum absolute atomic E-state index is 0. The molecule has 0 radical (unpaired) electrons. The van der Waals surface area contributed by atoms with E-state index in [1.165, 1.54) is 5.56 Å². The van der Waals surface area contributed by atoms with E-state index < -0.39 is 0 Å². The Kier molecular flexibility index (Phi) is 7.57. The van der Waals surface area contributed by atoms with Crippen LogP contribution in [0.3, 0.4) is 0 Å². The second-order valence-electron chi connectivity index (χ2n) is 12.8. The van der Waals surface area contributed by atoms with Gasteiger partial charge in [-0.15, -0.1) is 41.4 Å². The molecule has 0 unspecified atom stereocenters. The van der Waals surface area contributed by atoms with E-state index in [0.29, 0.717) is 0 Å². The van der Waals surface area contributed by atoms with Crippen molar-refractivity contribution in [1.82, 2.24) is 14.5 Å². The molecule has 5 aromatic carbocycles. The first-order chi connectivity index (χ1) is 23.5. The van der Waals surface area contributed by atoms with Crippen LogP contribution >= 0.6 is 0 Å². The van der Waals surface area contributed by atoms with E-state index in [9.17, 15) is 0 Å². The molecule has 2 aliphatic rings. The van der Waals surface area contributed by atoms with Crippen LogP contribution in [-0.4, -0.2) is 21.5 Å². The maximum Gasteiger partial charge on any atom is 0.155 e. The van der Waals surface area contributed by atoms with Crippen molar-refractivity contribution in [3.8, 4) is 17.3 Å². The molecule has 2 aliphatic heterocycles. The Labute approximate surface area is 300 Å². The predicted molar refractivity (Wildman–Crippen MR) is 193 cm³/mol. The van der Waals surface area contributed by atoms with Gasteiger partial charge in [-0.3, -0.25) is 0 Å². The summed E-state index contributed by atoms with van der Waals surface area (Å²) in [7, 11) is 2.02. The number of anilines is 4. The number of rotatable bonds is 5. The van der Waals surface area contributed by atoms with Gasteiger partial charge in [-0.2, -0.15) is 18.8 Å². The smallest absolute Gasteiger partial charge is 0.155 e. The summed E-state index contributed by atoms with van der Waals surface area (Å²) in [6.45, 7) is 6.57. The van der Waals surface area contributed by atoms with Gasteiger partial charge in [-0.1, -0.05) is 85.3 Å². The molecule has 244 valence electrons. The van der Waals surface area contributed by atoms with Gasteiger partial charge in [0.1, 0.15) is 11.6 Å².